The first-order chi connectivity index (χ1) is 57.2. The molecule has 0 aromatic heterocycles. The quantitative estimate of drug-likeness (QED) is 0.0146. The summed E-state index contributed by atoms with van der Waals surface area (Å²) in [6, 6.07) is 0. The zero-order chi connectivity index (χ0) is 85.1. The number of unbranched alkanes of at least 4 members (excludes halogenated alkanes) is 45. The molecule has 117 heavy (non-hydrogen) atoms. The minimum absolute atomic E-state index is 0.109. The fourth-order valence-electron chi connectivity index (χ4n) is 13.3. The van der Waals surface area contributed by atoms with Crippen molar-refractivity contribution in [3.63, 3.8) is 0 Å². The first-order valence-corrected chi connectivity index (χ1v) is 50.5. The number of rotatable bonds is 90. The third-order valence-corrected chi connectivity index (χ3v) is 22.3. The molecule has 0 aliphatic rings. The van der Waals surface area contributed by atoms with Crippen LogP contribution in [0.25, 0.3) is 0 Å². The lowest BCUT2D eigenvalue weighted by Crippen LogP contribution is -2.30. The van der Waals surface area contributed by atoms with Crippen molar-refractivity contribution in [1.29, 1.82) is 0 Å². The van der Waals surface area contributed by atoms with Crippen LogP contribution in [0.5, 0.6) is 0 Å². The van der Waals surface area contributed by atoms with Gasteiger partial charge in [-0.1, -0.05) is 418 Å². The van der Waals surface area contributed by atoms with E-state index >= 15 is 0 Å². The van der Waals surface area contributed by atoms with E-state index in [4.69, 9.17) is 32.3 Å². The molecule has 0 spiro atoms. The predicted octanol–water partition coefficient (Wildman–Crippen LogP) is 29.3. The minimum atomic E-state index is -4.93. The molecule has 0 aliphatic heterocycles. The zero-order valence-corrected chi connectivity index (χ0v) is 76.4. The molecule has 0 fully saturated rings. The number of aliphatic hydroxyl groups excluding tert-OH is 2. The molecule has 0 amide bonds. The van der Waals surface area contributed by atoms with E-state index in [1.807, 2.05) is 0 Å². The van der Waals surface area contributed by atoms with Crippen LogP contribution in [0.4, 0.5) is 0 Å². The van der Waals surface area contributed by atoms with Crippen LogP contribution in [-0.2, 0) is 55.8 Å². The van der Waals surface area contributed by atoms with E-state index in [-0.39, 0.29) is 19.3 Å². The van der Waals surface area contributed by atoms with Crippen molar-refractivity contribution in [2.24, 2.45) is 0 Å². The molecule has 5 unspecified atom stereocenters. The first-order valence-electron chi connectivity index (χ1n) is 47.5. The van der Waals surface area contributed by atoms with Crippen molar-refractivity contribution in [2.45, 2.75) is 437 Å². The maximum absolute atomic E-state index is 13.0. The molecule has 0 saturated heterocycles. The third-order valence-electron chi connectivity index (χ3n) is 20.4. The van der Waals surface area contributed by atoms with Crippen LogP contribution in [0.1, 0.15) is 419 Å². The van der Waals surface area contributed by atoms with Crippen molar-refractivity contribution in [3.8, 4) is 0 Å². The number of allylic oxidation sites excluding steroid dienone is 22. The number of aliphatic hydroxyl groups is 2. The van der Waals surface area contributed by atoms with Crippen molar-refractivity contribution in [1.82, 2.24) is 0 Å². The number of carbonyl (C=O) groups excluding carboxylic acids is 3. The molecular weight excluding hydrogens is 1510 g/mol. The molecule has 0 aliphatic carbocycles. The summed E-state index contributed by atoms with van der Waals surface area (Å²) in [6.07, 6.45) is 114. The second-order valence-electron chi connectivity index (χ2n) is 31.8. The molecule has 0 aromatic carbocycles. The topological polar surface area (TPSA) is 231 Å². The second-order valence-corrected chi connectivity index (χ2v) is 34.7. The Balaban J connectivity index is 4.29. The van der Waals surface area contributed by atoms with Crippen molar-refractivity contribution >= 4 is 33.6 Å². The highest BCUT2D eigenvalue weighted by molar-refractivity contribution is 7.47. The molecule has 4 N–H and O–H groups in total. The van der Waals surface area contributed by atoms with Gasteiger partial charge in [0.2, 0.25) is 0 Å². The highest BCUT2D eigenvalue weighted by atomic mass is 31.2. The highest BCUT2D eigenvalue weighted by Crippen LogP contribution is 2.45. The zero-order valence-electron chi connectivity index (χ0n) is 74.6. The lowest BCUT2D eigenvalue weighted by Gasteiger charge is -2.21. The van der Waals surface area contributed by atoms with E-state index in [0.29, 0.717) is 19.3 Å². The molecule has 16 nitrogen and oxygen atoms in total. The van der Waals surface area contributed by atoms with Crippen molar-refractivity contribution < 1.29 is 75.8 Å². The van der Waals surface area contributed by atoms with Gasteiger partial charge in [-0.3, -0.25) is 32.5 Å². The van der Waals surface area contributed by atoms with Crippen LogP contribution in [-0.4, -0.2) is 95.9 Å². The van der Waals surface area contributed by atoms with Gasteiger partial charge in [-0.15, -0.1) is 0 Å². The van der Waals surface area contributed by atoms with Gasteiger partial charge in [0, 0.05) is 19.3 Å². The predicted molar refractivity (Wildman–Crippen MR) is 491 cm³/mol. The maximum Gasteiger partial charge on any atom is 0.472 e. The van der Waals surface area contributed by atoms with Gasteiger partial charge in [-0.2, -0.15) is 0 Å². The van der Waals surface area contributed by atoms with E-state index in [1.165, 1.54) is 225 Å². The van der Waals surface area contributed by atoms with Gasteiger partial charge in [-0.05, 0) is 116 Å². The average molecular weight is 1680 g/mol. The third kappa shape index (κ3) is 92.3. The Morgan fingerprint density at radius 2 is 0.453 bits per heavy atom. The molecule has 0 bridgehead atoms. The summed E-state index contributed by atoms with van der Waals surface area (Å²) >= 11 is 0. The van der Waals surface area contributed by atoms with Crippen molar-refractivity contribution in [2.75, 3.05) is 39.6 Å². The largest absolute Gasteiger partial charge is 0.472 e. The number of esters is 3. The summed E-state index contributed by atoms with van der Waals surface area (Å²) in [7, 11) is -9.79. The first kappa shape index (κ1) is 113. The fourth-order valence-corrected chi connectivity index (χ4v) is 14.8. The summed E-state index contributed by atoms with van der Waals surface area (Å²) in [4.78, 5) is 58.8. The Labute approximate surface area is 715 Å². The molecule has 0 heterocycles. The number of ether oxygens (including phenoxy) is 3. The second kappa shape index (κ2) is 90.9. The van der Waals surface area contributed by atoms with Crippen LogP contribution >= 0.6 is 15.6 Å². The molecule has 18 heteroatoms. The maximum atomic E-state index is 13.0. The molecule has 5 atom stereocenters. The lowest BCUT2D eigenvalue weighted by atomic mass is 10.0. The summed E-state index contributed by atoms with van der Waals surface area (Å²) in [6.45, 7) is 2.51. The molecule has 676 valence electrons. The molecular formula is C99H174O16P2. The highest BCUT2D eigenvalue weighted by Gasteiger charge is 2.30. The molecule has 0 radical (unpaired) electrons. The van der Waals surface area contributed by atoms with Crippen LogP contribution < -0.4 is 0 Å². The van der Waals surface area contributed by atoms with Gasteiger partial charge < -0.3 is 34.2 Å². The van der Waals surface area contributed by atoms with Crippen molar-refractivity contribution in [3.05, 3.63) is 134 Å². The monoisotopic (exact) mass is 1680 g/mol. The Hall–Kier alpha value is -4.31. The minimum Gasteiger partial charge on any atom is -0.463 e. The lowest BCUT2D eigenvalue weighted by molar-refractivity contribution is -0.161. The Morgan fingerprint density at radius 3 is 0.718 bits per heavy atom. The number of carbonyl (C=O) groups is 3. The smallest absolute Gasteiger partial charge is 0.463 e. The number of phosphoric ester groups is 2. The van der Waals surface area contributed by atoms with Gasteiger partial charge in [0.1, 0.15) is 25.4 Å². The van der Waals surface area contributed by atoms with Crippen LogP contribution in [0, 0.1) is 0 Å². The standard InChI is InChI=1S/C99H174O16P2/c1-4-7-10-13-16-19-22-24-26-28-30-32-34-36-38-40-42-44-46-48-50-52-54-56-58-60-62-64-66-68-71-73-76-79-82-85-97(102)109-88-94(100)89-111-116(105,106)112-90-95(101)91-113-117(107,108)114-93-96(115-99(104)87-84-81-78-75-70-21-18-15-12-9-6-3)92-110-98(103)86-83-80-77-74-72-69-67-65-63-61-59-57-55-53-51-49-47-45-43-41-39-37-35-33-31-29-27-25-23-20-17-14-11-8-5-2/h7-8,10-11,16-17,19-20,24-27,30-33,36-39,42,44,94-96,100-101H,4-6,9,12-15,18,21-23,28-29,34-35,40-41,43,45-93H2,1-3H3,(H,105,106)(H,107,108)/b10-7-,11-8-,19-16-,20-17-,26-24-,27-25-,32-30-,33-31-,38-36-,39-37-,44-42-. The van der Waals surface area contributed by atoms with Crippen LogP contribution in [0.15, 0.2) is 134 Å². The van der Waals surface area contributed by atoms with Gasteiger partial charge in [0.25, 0.3) is 0 Å². The summed E-state index contributed by atoms with van der Waals surface area (Å²) < 4.78 is 61.4. The van der Waals surface area contributed by atoms with Gasteiger partial charge in [-0.25, -0.2) is 9.13 Å². The van der Waals surface area contributed by atoms with Crippen LogP contribution in [0.2, 0.25) is 0 Å². The SMILES string of the molecule is CC/C=C\C/C=C\C/C=C\C/C=C\C/C=C\C/C=C\CCCCCCCCCCCCCCCCCCC(=O)OCC(O)COP(=O)(O)OCC(O)COP(=O)(O)OCC(COC(=O)CCCCCCCCCCCCCCCCCCCCC/C=C\C/C=C\C/C=C\C/C=C\C/C=C\CC)OC(=O)CCCCCCCCCCCCC. The molecule has 0 saturated carbocycles. The van der Waals surface area contributed by atoms with E-state index in [0.717, 1.165) is 135 Å². The van der Waals surface area contributed by atoms with Gasteiger partial charge >= 0.3 is 33.6 Å². The number of hydrogen-bond acceptors (Lipinski definition) is 14. The normalized spacial score (nSPS) is 14.4. The van der Waals surface area contributed by atoms with E-state index in [1.54, 1.807) is 0 Å². The van der Waals surface area contributed by atoms with E-state index in [9.17, 15) is 43.5 Å². The Kier molecular flexibility index (Phi) is 87.6. The van der Waals surface area contributed by atoms with E-state index < -0.39 is 91.5 Å². The van der Waals surface area contributed by atoms with Gasteiger partial charge in [0.15, 0.2) is 6.10 Å². The molecule has 0 aromatic rings. The van der Waals surface area contributed by atoms with Gasteiger partial charge in [0.05, 0.1) is 26.4 Å². The summed E-state index contributed by atoms with van der Waals surface area (Å²) in [5.74, 6) is -1.55. The average Bonchev–Trinajstić information content (AvgIpc) is 0.920. The Bertz CT molecular complexity index is 2660. The fraction of sp³-hybridized carbons (Fsp3) is 0.747. The summed E-state index contributed by atoms with van der Waals surface area (Å²) in [5.41, 5.74) is 0. The molecule has 0 rings (SSSR count). The summed E-state index contributed by atoms with van der Waals surface area (Å²) in [5, 5.41) is 20.7. The van der Waals surface area contributed by atoms with E-state index in [2.05, 4.69) is 154 Å². The number of phosphoric acid groups is 2. The Morgan fingerprint density at radius 1 is 0.248 bits per heavy atom. The number of hydrogen-bond donors (Lipinski definition) is 4. The van der Waals surface area contributed by atoms with Crippen LogP contribution in [0.3, 0.4) is 0 Å².